The Morgan fingerprint density at radius 3 is 2.75 bits per heavy atom. The molecule has 0 spiro atoms. The molecule has 0 radical (unpaired) electrons. The van der Waals surface area contributed by atoms with E-state index in [-0.39, 0.29) is 11.8 Å². The van der Waals surface area contributed by atoms with Gasteiger partial charge in [-0.15, -0.1) is 0 Å². The Hall–Kier alpha value is -0.330. The molecule has 0 saturated carbocycles. The fraction of sp³-hybridized carbons (Fsp3) is 0.818. The zero-order valence-corrected chi connectivity index (χ0v) is 11.9. The van der Waals surface area contributed by atoms with Crippen LogP contribution in [-0.4, -0.2) is 33.2 Å². The number of nitrogens with zero attached hydrogens (tertiary/aromatic N) is 1. The summed E-state index contributed by atoms with van der Waals surface area (Å²) in [7, 11) is 0. The van der Waals surface area contributed by atoms with Crippen molar-refractivity contribution in [2.75, 3.05) is 6.54 Å². The van der Waals surface area contributed by atoms with Crippen molar-refractivity contribution in [1.29, 1.82) is 0 Å². The summed E-state index contributed by atoms with van der Waals surface area (Å²) >= 11 is 2.36. The molecule has 0 aromatic carbocycles. The lowest BCUT2D eigenvalue weighted by atomic mass is 10.0. The molecule has 2 amide bonds. The third-order valence-corrected chi connectivity index (χ3v) is 3.50. The van der Waals surface area contributed by atoms with Gasteiger partial charge in [-0.25, -0.2) is 0 Å². The number of hydrogen-bond donors (Lipinski definition) is 1. The first-order chi connectivity index (χ1) is 7.45. The maximum absolute atomic E-state index is 11.8. The van der Waals surface area contributed by atoms with Gasteiger partial charge in [0.25, 0.3) is 0 Å². The van der Waals surface area contributed by atoms with Crippen LogP contribution in [0.4, 0.5) is 0 Å². The molecule has 1 aliphatic heterocycles. The lowest BCUT2D eigenvalue weighted by Gasteiger charge is -2.24. The van der Waals surface area contributed by atoms with Gasteiger partial charge in [-0.1, -0.05) is 36.4 Å². The van der Waals surface area contributed by atoms with Crippen molar-refractivity contribution >= 4 is 34.4 Å². The Morgan fingerprint density at radius 1 is 1.69 bits per heavy atom. The first-order valence-corrected chi connectivity index (χ1v) is 6.93. The van der Waals surface area contributed by atoms with E-state index >= 15 is 0 Å². The molecule has 92 valence electrons. The van der Waals surface area contributed by atoms with Gasteiger partial charge in [-0.05, 0) is 18.8 Å². The van der Waals surface area contributed by atoms with Crippen molar-refractivity contribution in [2.24, 2.45) is 11.7 Å². The fourth-order valence-corrected chi connectivity index (χ4v) is 3.02. The zero-order chi connectivity index (χ0) is 12.3. The third-order valence-electron chi connectivity index (χ3n) is 2.99. The number of alkyl halides is 1. The van der Waals surface area contributed by atoms with Crippen molar-refractivity contribution < 1.29 is 9.59 Å². The highest BCUT2D eigenvalue weighted by molar-refractivity contribution is 14.1. The number of carbonyl (C=O) groups excluding carboxylic acids is 2. The van der Waals surface area contributed by atoms with Gasteiger partial charge < -0.3 is 10.6 Å². The van der Waals surface area contributed by atoms with Gasteiger partial charge in [0.05, 0.1) is 0 Å². The van der Waals surface area contributed by atoms with E-state index in [1.165, 1.54) is 0 Å². The molecule has 1 saturated heterocycles. The number of carbonyl (C=O) groups is 2. The largest absolute Gasteiger partial charge is 0.368 e. The van der Waals surface area contributed by atoms with E-state index in [0.29, 0.717) is 29.2 Å². The minimum absolute atomic E-state index is 0.0766. The van der Waals surface area contributed by atoms with Gasteiger partial charge >= 0.3 is 0 Å². The molecular weight excluding hydrogens is 319 g/mol. The Bertz CT molecular complexity index is 281. The molecule has 0 aromatic rings. The first kappa shape index (κ1) is 13.7. The van der Waals surface area contributed by atoms with Crippen LogP contribution in [0.25, 0.3) is 0 Å². The minimum atomic E-state index is -0.415. The molecule has 2 unspecified atom stereocenters. The molecule has 1 rings (SSSR count). The topological polar surface area (TPSA) is 63.4 Å². The van der Waals surface area contributed by atoms with Gasteiger partial charge in [-0.2, -0.15) is 0 Å². The number of likely N-dealkylation sites (tertiary alicyclic amines) is 1. The van der Waals surface area contributed by atoms with Crippen LogP contribution in [0.5, 0.6) is 0 Å². The predicted molar refractivity (Wildman–Crippen MR) is 71.2 cm³/mol. The maximum atomic E-state index is 11.8. The van der Waals surface area contributed by atoms with Crippen LogP contribution < -0.4 is 5.73 Å². The second kappa shape index (κ2) is 5.84. The number of halogens is 1. The molecule has 3 atom stereocenters. The number of amides is 2. The highest BCUT2D eigenvalue weighted by Crippen LogP contribution is 2.26. The average molecular weight is 338 g/mol. The summed E-state index contributed by atoms with van der Waals surface area (Å²) < 4.78 is 0.559. The summed E-state index contributed by atoms with van der Waals surface area (Å²) in [6, 6.07) is -0.415. The van der Waals surface area contributed by atoms with E-state index in [1.54, 1.807) is 4.90 Å². The standard InChI is InChI=1S/C11H19IN2O2/c1-3-9(11(13)16)14-6-8(4-7(2)12)5-10(14)15/h7-9H,3-6H2,1-2H3,(H2,13,16)/t7?,8?,9-/m0/s1. The van der Waals surface area contributed by atoms with Crippen LogP contribution >= 0.6 is 22.6 Å². The van der Waals surface area contributed by atoms with Crippen LogP contribution in [-0.2, 0) is 9.59 Å². The van der Waals surface area contributed by atoms with Gasteiger partial charge in [0.15, 0.2) is 0 Å². The molecule has 2 N–H and O–H groups in total. The van der Waals surface area contributed by atoms with Crippen LogP contribution in [0, 0.1) is 5.92 Å². The molecular formula is C11H19IN2O2. The second-order valence-electron chi connectivity index (χ2n) is 4.46. The average Bonchev–Trinajstić information content (AvgIpc) is 2.46. The fourth-order valence-electron chi connectivity index (χ4n) is 2.30. The monoisotopic (exact) mass is 338 g/mol. The van der Waals surface area contributed by atoms with Crippen molar-refractivity contribution in [3.8, 4) is 0 Å². The lowest BCUT2D eigenvalue weighted by molar-refractivity contribution is -0.136. The van der Waals surface area contributed by atoms with Gasteiger partial charge in [0.2, 0.25) is 11.8 Å². The van der Waals surface area contributed by atoms with E-state index in [0.717, 1.165) is 6.42 Å². The highest BCUT2D eigenvalue weighted by Gasteiger charge is 2.35. The van der Waals surface area contributed by atoms with Gasteiger partial charge in [-0.3, -0.25) is 9.59 Å². The zero-order valence-electron chi connectivity index (χ0n) is 9.78. The van der Waals surface area contributed by atoms with Crippen molar-refractivity contribution in [3.63, 3.8) is 0 Å². The van der Waals surface area contributed by atoms with Crippen LogP contribution in [0.2, 0.25) is 0 Å². The normalized spacial score (nSPS) is 24.6. The number of rotatable bonds is 5. The molecule has 0 aliphatic carbocycles. The van der Waals surface area contributed by atoms with Crippen molar-refractivity contribution in [2.45, 2.75) is 43.1 Å². The van der Waals surface area contributed by atoms with E-state index in [9.17, 15) is 9.59 Å². The molecule has 0 bridgehead atoms. The second-order valence-corrected chi connectivity index (χ2v) is 6.59. The molecule has 0 aromatic heterocycles. The minimum Gasteiger partial charge on any atom is -0.368 e. The maximum Gasteiger partial charge on any atom is 0.240 e. The van der Waals surface area contributed by atoms with E-state index < -0.39 is 6.04 Å². The van der Waals surface area contributed by atoms with Crippen LogP contribution in [0.15, 0.2) is 0 Å². The quantitative estimate of drug-likeness (QED) is 0.607. The summed E-state index contributed by atoms with van der Waals surface area (Å²) in [4.78, 5) is 24.7. The Balaban J connectivity index is 2.63. The summed E-state index contributed by atoms with van der Waals surface area (Å²) in [5.74, 6) is 0.0690. The first-order valence-electron chi connectivity index (χ1n) is 5.68. The Morgan fingerprint density at radius 2 is 2.31 bits per heavy atom. The SMILES string of the molecule is CC[C@@H](C(N)=O)N1CC(CC(C)I)CC1=O. The number of primary amides is 1. The van der Waals surface area contributed by atoms with Crippen LogP contribution in [0.3, 0.4) is 0 Å². The molecule has 5 heteroatoms. The van der Waals surface area contributed by atoms with E-state index in [1.807, 2.05) is 6.92 Å². The summed E-state index contributed by atoms with van der Waals surface area (Å²) in [5, 5.41) is 0. The smallest absolute Gasteiger partial charge is 0.240 e. The molecule has 4 nitrogen and oxygen atoms in total. The van der Waals surface area contributed by atoms with Crippen molar-refractivity contribution in [3.05, 3.63) is 0 Å². The highest BCUT2D eigenvalue weighted by atomic mass is 127. The van der Waals surface area contributed by atoms with Gasteiger partial charge in [0, 0.05) is 16.9 Å². The van der Waals surface area contributed by atoms with Gasteiger partial charge in [0.1, 0.15) is 6.04 Å². The predicted octanol–water partition coefficient (Wildman–Crippen LogP) is 1.31. The van der Waals surface area contributed by atoms with E-state index in [2.05, 4.69) is 29.5 Å². The lowest BCUT2D eigenvalue weighted by Crippen LogP contribution is -2.45. The number of nitrogens with two attached hydrogens (primary N) is 1. The molecule has 1 aliphatic rings. The van der Waals surface area contributed by atoms with Crippen LogP contribution in [0.1, 0.15) is 33.1 Å². The summed E-state index contributed by atoms with van der Waals surface area (Å²) in [6.07, 6.45) is 2.20. The van der Waals surface area contributed by atoms with Crippen molar-refractivity contribution in [1.82, 2.24) is 4.90 Å². The Labute approximate surface area is 110 Å². The molecule has 1 fully saturated rings. The van der Waals surface area contributed by atoms with E-state index in [4.69, 9.17) is 5.73 Å². The third kappa shape index (κ3) is 3.33. The summed E-state index contributed by atoms with van der Waals surface area (Å²) in [5.41, 5.74) is 5.30. The molecule has 1 heterocycles. The number of hydrogen-bond acceptors (Lipinski definition) is 2. The summed E-state index contributed by atoms with van der Waals surface area (Å²) in [6.45, 7) is 4.71. The Kier molecular flexibility index (Phi) is 5.01. The molecule has 16 heavy (non-hydrogen) atoms.